The van der Waals surface area contributed by atoms with Gasteiger partial charge in [-0.05, 0) is 50.0 Å². The lowest BCUT2D eigenvalue weighted by Gasteiger charge is -2.22. The predicted octanol–water partition coefficient (Wildman–Crippen LogP) is 0.606. The number of phenolic OH excluding ortho intramolecular Hbond substituents is 1. The lowest BCUT2D eigenvalue weighted by molar-refractivity contribution is 0.475. The van der Waals surface area contributed by atoms with Crippen LogP contribution in [0, 0.1) is 0 Å². The monoisotopic (exact) mass is 284 g/mol. The Morgan fingerprint density at radius 1 is 1.21 bits per heavy atom. The second kappa shape index (κ2) is 6.36. The lowest BCUT2D eigenvalue weighted by atomic mass is 10.1. The average Bonchev–Trinajstić information content (AvgIpc) is 2.42. The van der Waals surface area contributed by atoms with Gasteiger partial charge in [0.15, 0.2) is 0 Å². The first-order chi connectivity index (χ1) is 9.08. The second-order valence-electron chi connectivity index (χ2n) is 4.81. The van der Waals surface area contributed by atoms with Crippen molar-refractivity contribution in [1.29, 1.82) is 0 Å². The molecule has 5 nitrogen and oxygen atoms in total. The van der Waals surface area contributed by atoms with E-state index in [2.05, 4.69) is 10.0 Å². The van der Waals surface area contributed by atoms with Crippen LogP contribution < -0.4 is 10.0 Å². The summed E-state index contributed by atoms with van der Waals surface area (Å²) in [5.41, 5.74) is 1.01. The molecule has 1 aliphatic rings. The van der Waals surface area contributed by atoms with Gasteiger partial charge in [-0.3, -0.25) is 0 Å². The van der Waals surface area contributed by atoms with Gasteiger partial charge in [0.25, 0.3) is 0 Å². The van der Waals surface area contributed by atoms with E-state index in [0.29, 0.717) is 25.8 Å². The van der Waals surface area contributed by atoms with Crippen molar-refractivity contribution >= 4 is 10.0 Å². The molecule has 6 heteroatoms. The van der Waals surface area contributed by atoms with Crippen LogP contribution in [0.4, 0.5) is 0 Å². The minimum atomic E-state index is -3.20. The molecule has 0 aliphatic carbocycles. The van der Waals surface area contributed by atoms with Gasteiger partial charge in [0, 0.05) is 6.54 Å². The Labute approximate surface area is 114 Å². The summed E-state index contributed by atoms with van der Waals surface area (Å²) >= 11 is 0. The zero-order valence-corrected chi connectivity index (χ0v) is 11.6. The third-order valence-electron chi connectivity index (χ3n) is 3.38. The highest BCUT2D eigenvalue weighted by molar-refractivity contribution is 7.90. The van der Waals surface area contributed by atoms with Crippen molar-refractivity contribution in [3.05, 3.63) is 29.8 Å². The molecule has 1 fully saturated rings. The summed E-state index contributed by atoms with van der Waals surface area (Å²) in [4.78, 5) is 0. The van der Waals surface area contributed by atoms with Gasteiger partial charge in [-0.1, -0.05) is 12.1 Å². The standard InChI is InChI=1S/C13H20N2O3S/c16-12-3-1-11(2-4-12)5-10-15-19(17,18)13-6-8-14-9-7-13/h1-4,13-16H,5-10H2. The van der Waals surface area contributed by atoms with Gasteiger partial charge >= 0.3 is 0 Å². The minimum Gasteiger partial charge on any atom is -0.508 e. The van der Waals surface area contributed by atoms with E-state index in [1.165, 1.54) is 0 Å². The highest BCUT2D eigenvalue weighted by Gasteiger charge is 2.26. The van der Waals surface area contributed by atoms with Crippen molar-refractivity contribution in [3.8, 4) is 5.75 Å². The summed E-state index contributed by atoms with van der Waals surface area (Å²) < 4.78 is 26.8. The molecule has 106 valence electrons. The van der Waals surface area contributed by atoms with E-state index >= 15 is 0 Å². The number of hydrogen-bond donors (Lipinski definition) is 3. The van der Waals surface area contributed by atoms with Crippen LogP contribution in [0.5, 0.6) is 5.75 Å². The van der Waals surface area contributed by atoms with Crippen molar-refractivity contribution in [3.63, 3.8) is 0 Å². The number of nitrogens with one attached hydrogen (secondary N) is 2. The van der Waals surface area contributed by atoms with E-state index in [-0.39, 0.29) is 11.0 Å². The molecular formula is C13H20N2O3S. The molecule has 1 heterocycles. The summed E-state index contributed by atoms with van der Waals surface area (Å²) in [6, 6.07) is 6.82. The van der Waals surface area contributed by atoms with E-state index in [0.717, 1.165) is 18.7 Å². The Kier molecular flexibility index (Phi) is 4.79. The summed E-state index contributed by atoms with van der Waals surface area (Å²) in [6.45, 7) is 1.93. The van der Waals surface area contributed by atoms with E-state index in [1.807, 2.05) is 0 Å². The van der Waals surface area contributed by atoms with Gasteiger partial charge in [-0.15, -0.1) is 0 Å². The topological polar surface area (TPSA) is 78.4 Å². The first-order valence-corrected chi connectivity index (χ1v) is 8.10. The third kappa shape index (κ3) is 4.19. The molecule has 0 saturated carbocycles. The van der Waals surface area contributed by atoms with Gasteiger partial charge in [0.05, 0.1) is 5.25 Å². The van der Waals surface area contributed by atoms with Crippen LogP contribution in [0.3, 0.4) is 0 Å². The maximum absolute atomic E-state index is 12.1. The average molecular weight is 284 g/mol. The molecule has 0 amide bonds. The van der Waals surface area contributed by atoms with Gasteiger partial charge in [-0.2, -0.15) is 0 Å². The molecule has 0 aromatic heterocycles. The molecular weight excluding hydrogens is 264 g/mol. The van der Waals surface area contributed by atoms with Crippen LogP contribution >= 0.6 is 0 Å². The summed E-state index contributed by atoms with van der Waals surface area (Å²) in [7, 11) is -3.20. The maximum atomic E-state index is 12.1. The first kappa shape index (κ1) is 14.3. The Morgan fingerprint density at radius 2 is 1.84 bits per heavy atom. The SMILES string of the molecule is O=S(=O)(NCCc1ccc(O)cc1)C1CCNCC1. The molecule has 1 aromatic carbocycles. The smallest absolute Gasteiger partial charge is 0.214 e. The number of phenols is 1. The van der Waals surface area contributed by atoms with Crippen molar-refractivity contribution in [2.75, 3.05) is 19.6 Å². The van der Waals surface area contributed by atoms with Crippen molar-refractivity contribution in [2.24, 2.45) is 0 Å². The van der Waals surface area contributed by atoms with Gasteiger partial charge in [0.2, 0.25) is 10.0 Å². The van der Waals surface area contributed by atoms with Crippen LogP contribution in [-0.2, 0) is 16.4 Å². The number of sulfonamides is 1. The third-order valence-corrected chi connectivity index (χ3v) is 5.33. The fourth-order valence-electron chi connectivity index (χ4n) is 2.22. The van der Waals surface area contributed by atoms with Crippen LogP contribution in [0.25, 0.3) is 0 Å². The Morgan fingerprint density at radius 3 is 2.47 bits per heavy atom. The van der Waals surface area contributed by atoms with E-state index in [1.54, 1.807) is 24.3 Å². The van der Waals surface area contributed by atoms with Crippen molar-refractivity contribution in [1.82, 2.24) is 10.0 Å². The molecule has 0 atom stereocenters. The Bertz CT molecular complexity index is 493. The minimum absolute atomic E-state index is 0.221. The number of rotatable bonds is 5. The van der Waals surface area contributed by atoms with Crippen molar-refractivity contribution in [2.45, 2.75) is 24.5 Å². The number of aromatic hydroxyl groups is 1. The summed E-state index contributed by atoms with van der Waals surface area (Å²) in [5, 5.41) is 12.1. The fraction of sp³-hybridized carbons (Fsp3) is 0.538. The predicted molar refractivity (Wildman–Crippen MR) is 74.6 cm³/mol. The van der Waals surface area contributed by atoms with Crippen molar-refractivity contribution < 1.29 is 13.5 Å². The molecule has 0 unspecified atom stereocenters. The molecule has 1 saturated heterocycles. The van der Waals surface area contributed by atoms with Crippen LogP contribution in [0.1, 0.15) is 18.4 Å². The summed E-state index contributed by atoms with van der Waals surface area (Å²) in [5.74, 6) is 0.221. The van der Waals surface area contributed by atoms with Crippen LogP contribution in [0.15, 0.2) is 24.3 Å². The molecule has 0 bridgehead atoms. The Hall–Kier alpha value is -1.11. The van der Waals surface area contributed by atoms with Gasteiger partial charge in [-0.25, -0.2) is 13.1 Å². The molecule has 0 radical (unpaired) electrons. The summed E-state index contributed by atoms with van der Waals surface area (Å²) in [6.07, 6.45) is 1.98. The van der Waals surface area contributed by atoms with E-state index in [4.69, 9.17) is 5.11 Å². The molecule has 0 spiro atoms. The first-order valence-electron chi connectivity index (χ1n) is 6.55. The zero-order valence-electron chi connectivity index (χ0n) is 10.8. The fourth-order valence-corrected chi connectivity index (χ4v) is 3.70. The molecule has 1 aliphatic heterocycles. The quantitative estimate of drug-likeness (QED) is 0.740. The number of benzene rings is 1. The number of hydrogen-bond acceptors (Lipinski definition) is 4. The zero-order chi connectivity index (χ0) is 13.7. The molecule has 19 heavy (non-hydrogen) atoms. The van der Waals surface area contributed by atoms with E-state index in [9.17, 15) is 8.42 Å². The maximum Gasteiger partial charge on any atom is 0.214 e. The van der Waals surface area contributed by atoms with E-state index < -0.39 is 10.0 Å². The number of piperidine rings is 1. The molecule has 3 N–H and O–H groups in total. The van der Waals surface area contributed by atoms with Gasteiger partial charge in [0.1, 0.15) is 5.75 Å². The molecule has 2 rings (SSSR count). The van der Waals surface area contributed by atoms with Crippen LogP contribution in [0.2, 0.25) is 0 Å². The highest BCUT2D eigenvalue weighted by atomic mass is 32.2. The second-order valence-corrected chi connectivity index (χ2v) is 6.85. The normalized spacial score (nSPS) is 17.5. The largest absolute Gasteiger partial charge is 0.508 e. The van der Waals surface area contributed by atoms with Gasteiger partial charge < -0.3 is 10.4 Å². The Balaban J connectivity index is 1.82. The van der Waals surface area contributed by atoms with Crippen LogP contribution in [-0.4, -0.2) is 38.4 Å². The lowest BCUT2D eigenvalue weighted by Crippen LogP contribution is -2.42. The molecule has 1 aromatic rings. The highest BCUT2D eigenvalue weighted by Crippen LogP contribution is 2.13.